The zero-order chi connectivity index (χ0) is 24.6. The molecule has 0 atom stereocenters. The van der Waals surface area contributed by atoms with E-state index in [9.17, 15) is 4.79 Å². The van der Waals surface area contributed by atoms with Crippen LogP contribution in [0.3, 0.4) is 0 Å². The summed E-state index contributed by atoms with van der Waals surface area (Å²) >= 11 is 6.31. The highest BCUT2D eigenvalue weighted by Gasteiger charge is 2.26. The first kappa shape index (κ1) is 22.5. The van der Waals surface area contributed by atoms with Crippen LogP contribution in [0.5, 0.6) is 0 Å². The van der Waals surface area contributed by atoms with Gasteiger partial charge >= 0.3 is 0 Å². The van der Waals surface area contributed by atoms with Crippen molar-refractivity contribution in [1.29, 1.82) is 0 Å². The average molecular weight is 497 g/mol. The lowest BCUT2D eigenvalue weighted by Crippen LogP contribution is -2.50. The van der Waals surface area contributed by atoms with Gasteiger partial charge in [0.2, 0.25) is 11.9 Å². The van der Waals surface area contributed by atoms with E-state index in [0.717, 1.165) is 45.0 Å². The molecule has 0 unspecified atom stereocenters. The molecular formula is C28H25ClN6O. The Labute approximate surface area is 214 Å². The molecule has 3 aromatic carbocycles. The predicted octanol–water partition coefficient (Wildman–Crippen LogP) is 4.80. The van der Waals surface area contributed by atoms with Crippen LogP contribution in [0.2, 0.25) is 5.02 Å². The quantitative estimate of drug-likeness (QED) is 0.357. The number of fused-ring (bicyclic) bond motifs is 3. The van der Waals surface area contributed by atoms with Crippen molar-refractivity contribution in [3.63, 3.8) is 0 Å². The second-order valence-corrected chi connectivity index (χ2v) is 9.59. The Morgan fingerprint density at radius 3 is 2.50 bits per heavy atom. The summed E-state index contributed by atoms with van der Waals surface area (Å²) in [5.74, 6) is 1.65. The fourth-order valence-corrected chi connectivity index (χ4v) is 4.98. The van der Waals surface area contributed by atoms with Gasteiger partial charge in [0.15, 0.2) is 11.5 Å². The fourth-order valence-electron chi connectivity index (χ4n) is 4.81. The number of hydrogen-bond donors (Lipinski definition) is 0. The molecule has 5 aromatic rings. The minimum absolute atomic E-state index is 0.147. The summed E-state index contributed by atoms with van der Waals surface area (Å²) in [5, 5.41) is 10.7. The number of anilines is 1. The van der Waals surface area contributed by atoms with Crippen molar-refractivity contribution in [1.82, 2.24) is 24.5 Å². The molecule has 0 spiro atoms. The fraction of sp³-hybridized carbons (Fsp3) is 0.214. The number of carbonyl (C=O) groups is 1. The molecule has 1 fully saturated rings. The molecule has 0 radical (unpaired) electrons. The third-order valence-electron chi connectivity index (χ3n) is 6.67. The minimum Gasteiger partial charge on any atom is -0.339 e. The summed E-state index contributed by atoms with van der Waals surface area (Å²) in [7, 11) is 0. The van der Waals surface area contributed by atoms with Crippen LogP contribution in [0.25, 0.3) is 27.9 Å². The molecule has 0 N–H and O–H groups in total. The highest BCUT2D eigenvalue weighted by molar-refractivity contribution is 6.31. The summed E-state index contributed by atoms with van der Waals surface area (Å²) in [6.07, 6.45) is 0.417. The molecule has 1 amide bonds. The van der Waals surface area contributed by atoms with Gasteiger partial charge in [0.1, 0.15) is 0 Å². The first-order chi connectivity index (χ1) is 17.6. The normalized spacial score (nSPS) is 14.1. The third-order valence-corrected chi connectivity index (χ3v) is 6.91. The minimum atomic E-state index is 0.147. The zero-order valence-corrected chi connectivity index (χ0v) is 20.7. The van der Waals surface area contributed by atoms with E-state index in [1.54, 1.807) is 0 Å². The average Bonchev–Trinajstić information content (AvgIpc) is 3.34. The molecule has 36 heavy (non-hydrogen) atoms. The van der Waals surface area contributed by atoms with Crippen LogP contribution in [0.4, 0.5) is 5.95 Å². The van der Waals surface area contributed by atoms with Crippen molar-refractivity contribution < 1.29 is 4.79 Å². The number of hydrogen-bond acceptors (Lipinski definition) is 5. The Kier molecular flexibility index (Phi) is 5.77. The SMILES string of the molecule is Cc1cccc(-c2nnc3c4ccc(Cl)cc4nc(N4CCN(C(=O)Cc5ccccc5)CC4)n23)c1. The van der Waals surface area contributed by atoms with E-state index in [1.807, 2.05) is 70.0 Å². The Balaban J connectivity index is 1.36. The highest BCUT2D eigenvalue weighted by atomic mass is 35.5. The van der Waals surface area contributed by atoms with E-state index in [0.29, 0.717) is 37.6 Å². The van der Waals surface area contributed by atoms with Crippen molar-refractivity contribution in [2.75, 3.05) is 31.1 Å². The van der Waals surface area contributed by atoms with Gasteiger partial charge in [-0.2, -0.15) is 0 Å². The van der Waals surface area contributed by atoms with Crippen molar-refractivity contribution in [2.24, 2.45) is 0 Å². The molecule has 180 valence electrons. The van der Waals surface area contributed by atoms with E-state index in [4.69, 9.17) is 16.6 Å². The van der Waals surface area contributed by atoms with Crippen molar-refractivity contribution >= 4 is 40.0 Å². The lowest BCUT2D eigenvalue weighted by atomic mass is 10.1. The van der Waals surface area contributed by atoms with Crippen molar-refractivity contribution in [3.8, 4) is 11.4 Å². The van der Waals surface area contributed by atoms with Crippen molar-refractivity contribution in [3.05, 3.63) is 88.9 Å². The Morgan fingerprint density at radius 2 is 1.72 bits per heavy atom. The van der Waals surface area contributed by atoms with E-state index >= 15 is 0 Å². The monoisotopic (exact) mass is 496 g/mol. The molecule has 0 aliphatic carbocycles. The molecule has 1 aliphatic heterocycles. The van der Waals surface area contributed by atoms with Gasteiger partial charge in [0, 0.05) is 42.2 Å². The number of piperazine rings is 1. The zero-order valence-electron chi connectivity index (χ0n) is 19.9. The third kappa shape index (κ3) is 4.16. The molecule has 8 heteroatoms. The largest absolute Gasteiger partial charge is 0.339 e. The number of rotatable bonds is 4. The number of aromatic nitrogens is 4. The summed E-state index contributed by atoms with van der Waals surface area (Å²) in [6, 6.07) is 23.8. The Morgan fingerprint density at radius 1 is 0.917 bits per heavy atom. The molecule has 0 saturated carbocycles. The molecule has 1 saturated heterocycles. The van der Waals surface area contributed by atoms with Crippen LogP contribution < -0.4 is 4.90 Å². The number of benzene rings is 3. The number of aryl methyl sites for hydroxylation is 1. The van der Waals surface area contributed by atoms with Crippen LogP contribution >= 0.6 is 11.6 Å². The standard InChI is InChI=1S/C28H25ClN6O/c1-19-6-5-9-21(16-19)26-31-32-27-23-11-10-22(29)18-24(23)30-28(35(26)27)34-14-12-33(13-15-34)25(36)17-20-7-3-2-4-8-20/h2-11,16,18H,12-15,17H2,1H3. The van der Waals surface area contributed by atoms with Gasteiger partial charge in [-0.25, -0.2) is 9.38 Å². The number of amides is 1. The van der Waals surface area contributed by atoms with Gasteiger partial charge in [-0.15, -0.1) is 10.2 Å². The number of nitrogens with zero attached hydrogens (tertiary/aromatic N) is 6. The van der Waals surface area contributed by atoms with E-state index < -0.39 is 0 Å². The molecule has 0 bridgehead atoms. The van der Waals surface area contributed by atoms with Gasteiger partial charge < -0.3 is 9.80 Å². The lowest BCUT2D eigenvalue weighted by molar-refractivity contribution is -0.130. The lowest BCUT2D eigenvalue weighted by Gasteiger charge is -2.35. The van der Waals surface area contributed by atoms with Crippen LogP contribution in [0, 0.1) is 6.92 Å². The first-order valence-electron chi connectivity index (χ1n) is 12.0. The Hall–Kier alpha value is -3.97. The van der Waals surface area contributed by atoms with Gasteiger partial charge in [-0.1, -0.05) is 65.7 Å². The van der Waals surface area contributed by atoms with Crippen LogP contribution in [0.15, 0.2) is 72.8 Å². The van der Waals surface area contributed by atoms with Crippen molar-refractivity contribution in [2.45, 2.75) is 13.3 Å². The topological polar surface area (TPSA) is 66.6 Å². The molecule has 7 nitrogen and oxygen atoms in total. The second kappa shape index (κ2) is 9.24. The summed E-state index contributed by atoms with van der Waals surface area (Å²) in [5.41, 5.74) is 4.68. The summed E-state index contributed by atoms with van der Waals surface area (Å²) in [4.78, 5) is 22.1. The molecule has 6 rings (SSSR count). The summed E-state index contributed by atoms with van der Waals surface area (Å²) in [6.45, 7) is 4.66. The summed E-state index contributed by atoms with van der Waals surface area (Å²) < 4.78 is 2.03. The number of halogens is 1. The Bertz CT molecular complexity index is 1570. The molecule has 3 heterocycles. The van der Waals surface area contributed by atoms with Gasteiger partial charge in [0.05, 0.1) is 11.9 Å². The van der Waals surface area contributed by atoms with Crippen LogP contribution in [-0.2, 0) is 11.2 Å². The molecule has 1 aliphatic rings. The van der Waals surface area contributed by atoms with E-state index in [2.05, 4.69) is 34.2 Å². The maximum atomic E-state index is 12.9. The van der Waals surface area contributed by atoms with E-state index in [1.165, 1.54) is 0 Å². The second-order valence-electron chi connectivity index (χ2n) is 9.16. The highest BCUT2D eigenvalue weighted by Crippen LogP contribution is 2.30. The molecular weight excluding hydrogens is 472 g/mol. The van der Waals surface area contributed by atoms with Gasteiger partial charge in [-0.3, -0.25) is 4.79 Å². The maximum absolute atomic E-state index is 12.9. The predicted molar refractivity (Wildman–Crippen MR) is 142 cm³/mol. The van der Waals surface area contributed by atoms with Crippen LogP contribution in [0.1, 0.15) is 11.1 Å². The number of carbonyl (C=O) groups excluding carboxylic acids is 1. The first-order valence-corrected chi connectivity index (χ1v) is 12.4. The molecule has 2 aromatic heterocycles. The van der Waals surface area contributed by atoms with Gasteiger partial charge in [0.25, 0.3) is 0 Å². The smallest absolute Gasteiger partial charge is 0.227 e. The van der Waals surface area contributed by atoms with Gasteiger partial charge in [-0.05, 0) is 36.8 Å². The van der Waals surface area contributed by atoms with E-state index in [-0.39, 0.29) is 5.91 Å². The maximum Gasteiger partial charge on any atom is 0.227 e. The van der Waals surface area contributed by atoms with Crippen LogP contribution in [-0.4, -0.2) is 56.6 Å².